The predicted octanol–water partition coefficient (Wildman–Crippen LogP) is 6.24. The highest BCUT2D eigenvalue weighted by molar-refractivity contribution is 7.92. The second-order valence-electron chi connectivity index (χ2n) is 11.3. The fraction of sp³-hybridized carbons (Fsp3) is 0.375. The summed E-state index contributed by atoms with van der Waals surface area (Å²) < 4.78 is 40.0. The van der Waals surface area contributed by atoms with Crippen molar-refractivity contribution in [1.82, 2.24) is 10.2 Å². The fourth-order valence-electron chi connectivity index (χ4n) is 4.55. The Kier molecular flexibility index (Phi) is 11.6. The minimum atomic E-state index is -4.31. The second kappa shape index (κ2) is 14.5. The molecule has 0 unspecified atom stereocenters. The van der Waals surface area contributed by atoms with Crippen molar-refractivity contribution in [3.8, 4) is 11.5 Å². The summed E-state index contributed by atoms with van der Waals surface area (Å²) in [6, 6.07) is 15.0. The van der Waals surface area contributed by atoms with E-state index < -0.39 is 34.1 Å². The lowest BCUT2D eigenvalue weighted by Gasteiger charge is -2.35. The van der Waals surface area contributed by atoms with Gasteiger partial charge in [0, 0.05) is 18.2 Å². The number of ether oxygens (including phenoxy) is 2. The number of rotatable bonds is 12. The number of nitrogens with one attached hydrogen (secondary N) is 1. The molecule has 44 heavy (non-hydrogen) atoms. The van der Waals surface area contributed by atoms with Gasteiger partial charge in [-0.05, 0) is 76.1 Å². The highest BCUT2D eigenvalue weighted by Gasteiger charge is 2.35. The maximum atomic E-state index is 14.3. The van der Waals surface area contributed by atoms with Crippen LogP contribution in [0.15, 0.2) is 65.6 Å². The van der Waals surface area contributed by atoms with Crippen molar-refractivity contribution in [2.24, 2.45) is 0 Å². The average Bonchev–Trinajstić information content (AvgIpc) is 2.96. The van der Waals surface area contributed by atoms with E-state index in [-0.39, 0.29) is 35.2 Å². The summed E-state index contributed by atoms with van der Waals surface area (Å²) in [6.45, 7) is 8.61. The number of carbonyl (C=O) groups is 2. The van der Waals surface area contributed by atoms with Gasteiger partial charge in [0.2, 0.25) is 11.8 Å². The Morgan fingerprint density at radius 2 is 1.55 bits per heavy atom. The molecule has 0 aliphatic rings. The van der Waals surface area contributed by atoms with Crippen LogP contribution in [0, 0.1) is 6.92 Å². The molecule has 0 saturated heterocycles. The minimum Gasteiger partial charge on any atom is -0.493 e. The van der Waals surface area contributed by atoms with Gasteiger partial charge in [-0.2, -0.15) is 0 Å². The topological polar surface area (TPSA) is 105 Å². The monoisotopic (exact) mass is 663 g/mol. The number of halogens is 2. The van der Waals surface area contributed by atoms with Gasteiger partial charge in [0.05, 0.1) is 34.8 Å². The lowest BCUT2D eigenvalue weighted by atomic mass is 10.1. The third kappa shape index (κ3) is 8.58. The molecule has 238 valence electrons. The van der Waals surface area contributed by atoms with Gasteiger partial charge in [-0.1, -0.05) is 53.9 Å². The summed E-state index contributed by atoms with van der Waals surface area (Å²) in [5, 5.41) is 3.58. The molecule has 1 N–H and O–H groups in total. The van der Waals surface area contributed by atoms with E-state index in [0.29, 0.717) is 21.4 Å². The smallest absolute Gasteiger partial charge is 0.264 e. The largest absolute Gasteiger partial charge is 0.493 e. The number of amides is 2. The van der Waals surface area contributed by atoms with E-state index in [2.05, 4.69) is 5.32 Å². The molecular formula is C32H39Cl2N3O6S. The zero-order chi connectivity index (χ0) is 32.8. The third-order valence-electron chi connectivity index (χ3n) is 6.76. The van der Waals surface area contributed by atoms with Crippen LogP contribution >= 0.6 is 23.2 Å². The number of sulfonamides is 1. The molecule has 0 radical (unpaired) electrons. The first-order valence-corrected chi connectivity index (χ1v) is 16.2. The zero-order valence-electron chi connectivity index (χ0n) is 26.0. The maximum absolute atomic E-state index is 14.3. The lowest BCUT2D eigenvalue weighted by molar-refractivity contribution is -0.141. The Hall–Kier alpha value is -3.47. The van der Waals surface area contributed by atoms with E-state index in [1.807, 2.05) is 27.7 Å². The molecule has 0 bridgehead atoms. The van der Waals surface area contributed by atoms with Crippen LogP contribution in [-0.4, -0.2) is 57.5 Å². The van der Waals surface area contributed by atoms with Crippen molar-refractivity contribution < 1.29 is 27.5 Å². The first-order chi connectivity index (χ1) is 20.6. The Balaban J connectivity index is 2.12. The molecule has 12 heteroatoms. The molecular weight excluding hydrogens is 625 g/mol. The van der Waals surface area contributed by atoms with Crippen molar-refractivity contribution >= 4 is 50.7 Å². The van der Waals surface area contributed by atoms with Crippen molar-refractivity contribution in [3.63, 3.8) is 0 Å². The van der Waals surface area contributed by atoms with Crippen LogP contribution in [0.1, 0.15) is 45.2 Å². The number of benzene rings is 3. The van der Waals surface area contributed by atoms with Gasteiger partial charge in [-0.25, -0.2) is 8.42 Å². The number of aryl methyl sites for hydroxylation is 1. The Labute approximate surface area is 270 Å². The van der Waals surface area contributed by atoms with Gasteiger partial charge in [-0.15, -0.1) is 0 Å². The van der Waals surface area contributed by atoms with Gasteiger partial charge in [0.1, 0.15) is 12.6 Å². The molecule has 3 rings (SSSR count). The summed E-state index contributed by atoms with van der Waals surface area (Å²) in [5.74, 6) is -0.377. The Bertz CT molecular complexity index is 1590. The van der Waals surface area contributed by atoms with E-state index in [1.165, 1.54) is 37.3 Å². The number of hydrogen-bond donors (Lipinski definition) is 1. The molecule has 0 fully saturated rings. The second-order valence-corrected chi connectivity index (χ2v) is 14.0. The standard InChI is InChI=1S/C32H39Cl2N3O6S/c1-8-27(31(39)35-32(3,4)5)36(19-22-11-15-25(33)26(34)17-22)30(38)20-37(23-12-9-21(2)10-13-23)44(40,41)24-14-16-28(42-6)29(18-24)43-7/h9-18,27H,8,19-20H2,1-7H3,(H,35,39)/t27-/m0/s1. The summed E-state index contributed by atoms with van der Waals surface area (Å²) in [7, 11) is -1.45. The molecule has 3 aromatic carbocycles. The number of nitrogens with zero attached hydrogens (tertiary/aromatic N) is 2. The number of hydrogen-bond acceptors (Lipinski definition) is 6. The molecule has 9 nitrogen and oxygen atoms in total. The van der Waals surface area contributed by atoms with Crippen LogP contribution in [0.2, 0.25) is 10.0 Å². The van der Waals surface area contributed by atoms with Crippen LogP contribution in [0.3, 0.4) is 0 Å². The average molecular weight is 665 g/mol. The van der Waals surface area contributed by atoms with Crippen molar-refractivity contribution in [1.29, 1.82) is 0 Å². The molecule has 1 atom stereocenters. The van der Waals surface area contributed by atoms with Gasteiger partial charge in [-0.3, -0.25) is 13.9 Å². The SMILES string of the molecule is CC[C@@H](C(=O)NC(C)(C)C)N(Cc1ccc(Cl)c(Cl)c1)C(=O)CN(c1ccc(C)cc1)S(=O)(=O)c1ccc(OC)c(OC)c1. The summed E-state index contributed by atoms with van der Waals surface area (Å²) >= 11 is 12.4. The number of anilines is 1. The van der Waals surface area contributed by atoms with E-state index in [0.717, 1.165) is 9.87 Å². The number of methoxy groups -OCH3 is 2. The molecule has 0 heterocycles. The molecule has 0 saturated carbocycles. The van der Waals surface area contributed by atoms with Gasteiger partial charge in [0.25, 0.3) is 10.0 Å². The molecule has 3 aromatic rings. The molecule has 0 aliphatic heterocycles. The van der Waals surface area contributed by atoms with Crippen LogP contribution in [0.5, 0.6) is 11.5 Å². The molecule has 0 aliphatic carbocycles. The zero-order valence-corrected chi connectivity index (χ0v) is 28.3. The quantitative estimate of drug-likeness (QED) is 0.246. The summed E-state index contributed by atoms with van der Waals surface area (Å²) in [4.78, 5) is 29.0. The van der Waals surface area contributed by atoms with Gasteiger partial charge >= 0.3 is 0 Å². The van der Waals surface area contributed by atoms with Gasteiger partial charge < -0.3 is 19.7 Å². The number of carbonyl (C=O) groups excluding carboxylic acids is 2. The van der Waals surface area contributed by atoms with Gasteiger partial charge in [0.15, 0.2) is 11.5 Å². The Morgan fingerprint density at radius 3 is 2.09 bits per heavy atom. The Morgan fingerprint density at radius 1 is 0.909 bits per heavy atom. The summed E-state index contributed by atoms with van der Waals surface area (Å²) in [6.07, 6.45) is 0.280. The first kappa shape index (κ1) is 35.0. The predicted molar refractivity (Wildman–Crippen MR) is 174 cm³/mol. The normalized spacial score (nSPS) is 12.3. The minimum absolute atomic E-state index is 0.00998. The van der Waals surface area contributed by atoms with Crippen LogP contribution < -0.4 is 19.1 Å². The van der Waals surface area contributed by atoms with Crippen LogP contribution in [-0.2, 0) is 26.2 Å². The fourth-order valence-corrected chi connectivity index (χ4v) is 6.30. The third-order valence-corrected chi connectivity index (χ3v) is 9.27. The summed E-state index contributed by atoms with van der Waals surface area (Å²) in [5.41, 5.74) is 1.25. The molecule has 2 amide bonds. The van der Waals surface area contributed by atoms with Crippen molar-refractivity contribution in [2.45, 2.75) is 64.1 Å². The van der Waals surface area contributed by atoms with E-state index >= 15 is 0 Å². The molecule has 0 aromatic heterocycles. The maximum Gasteiger partial charge on any atom is 0.264 e. The highest BCUT2D eigenvalue weighted by Crippen LogP contribution is 2.33. The highest BCUT2D eigenvalue weighted by atomic mass is 35.5. The van der Waals surface area contributed by atoms with E-state index in [1.54, 1.807) is 49.4 Å². The molecule has 0 spiro atoms. The lowest BCUT2D eigenvalue weighted by Crippen LogP contribution is -2.55. The van der Waals surface area contributed by atoms with Crippen LogP contribution in [0.25, 0.3) is 0 Å². The van der Waals surface area contributed by atoms with Crippen molar-refractivity contribution in [3.05, 3.63) is 81.8 Å². The van der Waals surface area contributed by atoms with Crippen LogP contribution in [0.4, 0.5) is 5.69 Å². The van der Waals surface area contributed by atoms with E-state index in [9.17, 15) is 18.0 Å². The van der Waals surface area contributed by atoms with E-state index in [4.69, 9.17) is 32.7 Å². The first-order valence-electron chi connectivity index (χ1n) is 14.0. The van der Waals surface area contributed by atoms with Crippen molar-refractivity contribution in [2.75, 3.05) is 25.1 Å².